The Labute approximate surface area is 128 Å². The van der Waals surface area contributed by atoms with Gasteiger partial charge >= 0.3 is 5.69 Å². The first-order valence-electron chi connectivity index (χ1n) is 7.33. The minimum atomic E-state index is -3.32. The highest BCUT2D eigenvalue weighted by Crippen LogP contribution is 2.31. The number of anilines is 1. The molecule has 0 saturated carbocycles. The molecule has 0 N–H and O–H groups in total. The van der Waals surface area contributed by atoms with Crippen molar-refractivity contribution < 1.29 is 13.3 Å². The van der Waals surface area contributed by atoms with Gasteiger partial charge in [0.15, 0.2) is 0 Å². The lowest BCUT2D eigenvalue weighted by Crippen LogP contribution is -2.38. The minimum absolute atomic E-state index is 0.0817. The Kier molecular flexibility index (Phi) is 4.00. The summed E-state index contributed by atoms with van der Waals surface area (Å²) in [6.07, 6.45) is 3.78. The van der Waals surface area contributed by atoms with Gasteiger partial charge in [-0.05, 0) is 25.3 Å². The monoisotopic (exact) mass is 326 g/mol. The largest absolute Gasteiger partial charge is 0.349 e. The predicted molar refractivity (Wildman–Crippen MR) is 81.2 cm³/mol. The van der Waals surface area contributed by atoms with Gasteiger partial charge in [0.2, 0.25) is 15.8 Å². The summed E-state index contributed by atoms with van der Waals surface area (Å²) in [4.78, 5) is 16.4. The summed E-state index contributed by atoms with van der Waals surface area (Å²) >= 11 is 0. The van der Waals surface area contributed by atoms with Gasteiger partial charge in [0.1, 0.15) is 0 Å². The third-order valence-corrected chi connectivity index (χ3v) is 6.57. The third kappa shape index (κ3) is 2.66. The second-order valence-electron chi connectivity index (χ2n) is 5.61. The quantitative estimate of drug-likeness (QED) is 0.605. The number of hydrogen-bond acceptors (Lipinski definition) is 6. The molecule has 3 rings (SSSR count). The summed E-state index contributed by atoms with van der Waals surface area (Å²) in [6, 6.07) is 2.90. The number of sulfonamides is 1. The lowest BCUT2D eigenvalue weighted by atomic mass is 10.3. The van der Waals surface area contributed by atoms with E-state index in [4.69, 9.17) is 0 Å². The third-order valence-electron chi connectivity index (χ3n) is 4.25. The molecule has 2 aliphatic rings. The Morgan fingerprint density at radius 2 is 2.00 bits per heavy atom. The van der Waals surface area contributed by atoms with E-state index in [-0.39, 0.29) is 18.1 Å². The number of rotatable bonds is 4. The minimum Gasteiger partial charge on any atom is -0.349 e. The maximum absolute atomic E-state index is 12.6. The molecule has 2 aliphatic heterocycles. The highest BCUT2D eigenvalue weighted by molar-refractivity contribution is 7.89. The van der Waals surface area contributed by atoms with E-state index in [2.05, 4.69) is 4.98 Å². The standard InChI is InChI=1S/C13H18N4O4S/c18-17(19)12-4-3-6-14-13(12)15-9-5-11(10-15)22(20,21)16-7-1-2-8-16/h3-4,6,11H,1-2,5,7-10H2/t11-/m0/s1. The average molecular weight is 326 g/mol. The van der Waals surface area contributed by atoms with Crippen molar-refractivity contribution >= 4 is 21.5 Å². The highest BCUT2D eigenvalue weighted by Gasteiger charge is 2.39. The molecule has 9 heteroatoms. The van der Waals surface area contributed by atoms with E-state index < -0.39 is 20.2 Å². The van der Waals surface area contributed by atoms with E-state index in [0.29, 0.717) is 26.1 Å². The number of pyridine rings is 1. The zero-order valence-corrected chi connectivity index (χ0v) is 12.9. The Bertz CT molecular complexity index is 672. The normalized spacial score (nSPS) is 23.1. The first-order chi connectivity index (χ1) is 10.5. The van der Waals surface area contributed by atoms with Crippen LogP contribution >= 0.6 is 0 Å². The van der Waals surface area contributed by atoms with Crippen LogP contribution in [0, 0.1) is 10.1 Å². The molecule has 1 atom stereocenters. The van der Waals surface area contributed by atoms with E-state index in [9.17, 15) is 18.5 Å². The zero-order valence-electron chi connectivity index (χ0n) is 12.1. The summed E-state index contributed by atoms with van der Waals surface area (Å²) in [5.41, 5.74) is -0.0817. The van der Waals surface area contributed by atoms with Crippen molar-refractivity contribution in [2.45, 2.75) is 24.5 Å². The van der Waals surface area contributed by atoms with Crippen molar-refractivity contribution in [3.8, 4) is 0 Å². The molecule has 0 aromatic carbocycles. The second kappa shape index (κ2) is 5.81. The van der Waals surface area contributed by atoms with E-state index >= 15 is 0 Å². The van der Waals surface area contributed by atoms with Crippen LogP contribution in [0.4, 0.5) is 11.5 Å². The fourth-order valence-electron chi connectivity index (χ4n) is 3.09. The Morgan fingerprint density at radius 3 is 2.68 bits per heavy atom. The molecule has 120 valence electrons. The molecule has 0 aliphatic carbocycles. The predicted octanol–water partition coefficient (Wildman–Crippen LogP) is 0.994. The summed E-state index contributed by atoms with van der Waals surface area (Å²) in [5, 5.41) is 10.6. The molecule has 0 radical (unpaired) electrons. The van der Waals surface area contributed by atoms with E-state index in [1.807, 2.05) is 0 Å². The summed E-state index contributed by atoms with van der Waals surface area (Å²) in [7, 11) is -3.32. The molecule has 3 heterocycles. The maximum atomic E-state index is 12.6. The van der Waals surface area contributed by atoms with Crippen molar-refractivity contribution in [1.29, 1.82) is 0 Å². The van der Waals surface area contributed by atoms with E-state index in [1.165, 1.54) is 18.3 Å². The van der Waals surface area contributed by atoms with Gasteiger partial charge in [-0.2, -0.15) is 0 Å². The second-order valence-corrected chi connectivity index (χ2v) is 7.82. The van der Waals surface area contributed by atoms with Crippen LogP contribution in [0.5, 0.6) is 0 Å². The highest BCUT2D eigenvalue weighted by atomic mass is 32.2. The molecular formula is C13H18N4O4S. The van der Waals surface area contributed by atoms with Gasteiger partial charge in [-0.1, -0.05) is 0 Å². The van der Waals surface area contributed by atoms with Crippen molar-refractivity contribution in [3.05, 3.63) is 28.4 Å². The summed E-state index contributed by atoms with van der Waals surface area (Å²) in [5.74, 6) is 0.256. The van der Waals surface area contributed by atoms with Crippen LogP contribution in [0.2, 0.25) is 0 Å². The fourth-order valence-corrected chi connectivity index (χ4v) is 5.05. The smallest absolute Gasteiger partial charge is 0.311 e. The molecule has 1 aromatic rings. The lowest BCUT2D eigenvalue weighted by Gasteiger charge is -2.21. The molecule has 2 saturated heterocycles. The molecule has 22 heavy (non-hydrogen) atoms. The van der Waals surface area contributed by atoms with Crippen molar-refractivity contribution in [2.24, 2.45) is 0 Å². The van der Waals surface area contributed by atoms with Gasteiger partial charge in [0.25, 0.3) is 0 Å². The van der Waals surface area contributed by atoms with Crippen LogP contribution in [-0.4, -0.2) is 54.1 Å². The molecule has 2 fully saturated rings. The Balaban J connectivity index is 1.79. The summed E-state index contributed by atoms with van der Waals surface area (Å²) in [6.45, 7) is 1.90. The van der Waals surface area contributed by atoms with Gasteiger partial charge in [0, 0.05) is 38.4 Å². The van der Waals surface area contributed by atoms with Crippen LogP contribution in [-0.2, 0) is 10.0 Å². The van der Waals surface area contributed by atoms with E-state index in [0.717, 1.165) is 12.8 Å². The molecular weight excluding hydrogens is 308 g/mol. The van der Waals surface area contributed by atoms with Crippen LogP contribution < -0.4 is 4.90 Å². The number of nitro groups is 1. The number of aromatic nitrogens is 1. The first kappa shape index (κ1) is 15.2. The van der Waals surface area contributed by atoms with Crippen LogP contribution in [0.1, 0.15) is 19.3 Å². The molecule has 0 spiro atoms. The van der Waals surface area contributed by atoms with Gasteiger partial charge in [0.05, 0.1) is 10.2 Å². The van der Waals surface area contributed by atoms with Gasteiger partial charge < -0.3 is 4.90 Å². The Hall–Kier alpha value is -1.74. The Morgan fingerprint density at radius 1 is 1.27 bits per heavy atom. The molecule has 0 amide bonds. The van der Waals surface area contributed by atoms with Crippen molar-refractivity contribution in [1.82, 2.24) is 9.29 Å². The van der Waals surface area contributed by atoms with Gasteiger partial charge in [-0.25, -0.2) is 17.7 Å². The molecule has 1 aromatic heterocycles. The SMILES string of the molecule is O=[N+]([O-])c1cccnc1N1CC[C@H](S(=O)(=O)N2CCCC2)C1. The zero-order chi connectivity index (χ0) is 15.7. The first-order valence-corrected chi connectivity index (χ1v) is 8.84. The topological polar surface area (TPSA) is 96.6 Å². The van der Waals surface area contributed by atoms with Crippen LogP contribution in [0.15, 0.2) is 18.3 Å². The number of nitrogens with zero attached hydrogens (tertiary/aromatic N) is 4. The number of hydrogen-bond donors (Lipinski definition) is 0. The molecule has 0 unspecified atom stereocenters. The van der Waals surface area contributed by atoms with Crippen molar-refractivity contribution in [3.63, 3.8) is 0 Å². The molecule has 8 nitrogen and oxygen atoms in total. The lowest BCUT2D eigenvalue weighted by molar-refractivity contribution is -0.384. The average Bonchev–Trinajstić information content (AvgIpc) is 3.19. The van der Waals surface area contributed by atoms with Crippen LogP contribution in [0.3, 0.4) is 0 Å². The molecule has 0 bridgehead atoms. The van der Waals surface area contributed by atoms with E-state index in [1.54, 1.807) is 9.21 Å². The maximum Gasteiger partial charge on any atom is 0.311 e. The summed E-state index contributed by atoms with van der Waals surface area (Å²) < 4.78 is 26.7. The van der Waals surface area contributed by atoms with Gasteiger partial charge in [-0.3, -0.25) is 10.1 Å². The fraction of sp³-hybridized carbons (Fsp3) is 0.615. The van der Waals surface area contributed by atoms with Crippen LogP contribution in [0.25, 0.3) is 0 Å². The van der Waals surface area contributed by atoms with Crippen molar-refractivity contribution in [2.75, 3.05) is 31.1 Å². The van der Waals surface area contributed by atoms with Gasteiger partial charge in [-0.15, -0.1) is 0 Å².